The third kappa shape index (κ3) is 4.80. The molecule has 0 spiro atoms. The van der Waals surface area contributed by atoms with Gasteiger partial charge in [-0.25, -0.2) is 0 Å². The number of aryl methyl sites for hydroxylation is 1. The number of hydrogen-bond donors (Lipinski definition) is 1. The van der Waals surface area contributed by atoms with E-state index in [0.29, 0.717) is 12.0 Å². The van der Waals surface area contributed by atoms with Gasteiger partial charge in [0.05, 0.1) is 0 Å². The van der Waals surface area contributed by atoms with Gasteiger partial charge in [-0.1, -0.05) is 39.3 Å². The van der Waals surface area contributed by atoms with E-state index in [0.717, 1.165) is 6.42 Å². The minimum Gasteiger partial charge on any atom is -0.383 e. The Morgan fingerprint density at radius 1 is 1.12 bits per heavy atom. The van der Waals surface area contributed by atoms with Gasteiger partial charge in [0.1, 0.15) is 0 Å². The summed E-state index contributed by atoms with van der Waals surface area (Å²) < 4.78 is 0. The highest BCUT2D eigenvalue weighted by molar-refractivity contribution is 5.53. The van der Waals surface area contributed by atoms with Crippen molar-refractivity contribution in [3.63, 3.8) is 0 Å². The van der Waals surface area contributed by atoms with E-state index in [1.807, 2.05) is 0 Å². The summed E-state index contributed by atoms with van der Waals surface area (Å²) in [6.07, 6.45) is 3.57. The van der Waals surface area contributed by atoms with Crippen molar-refractivity contribution in [2.45, 2.75) is 59.9 Å². The SMILES string of the molecule is CCCc1ccc(NC(C)C)c(CC(C)C)c1. The third-order valence-corrected chi connectivity index (χ3v) is 2.78. The molecule has 1 N–H and O–H groups in total. The van der Waals surface area contributed by atoms with E-state index < -0.39 is 0 Å². The summed E-state index contributed by atoms with van der Waals surface area (Å²) in [6, 6.07) is 7.40. The van der Waals surface area contributed by atoms with Crippen LogP contribution in [0, 0.1) is 5.92 Å². The molecular formula is C16H27N. The van der Waals surface area contributed by atoms with Crippen LogP contribution in [0.1, 0.15) is 52.2 Å². The number of benzene rings is 1. The molecule has 0 aliphatic rings. The van der Waals surface area contributed by atoms with Crippen LogP contribution in [0.15, 0.2) is 18.2 Å². The molecule has 0 aliphatic carbocycles. The summed E-state index contributed by atoms with van der Waals surface area (Å²) >= 11 is 0. The Hall–Kier alpha value is -0.980. The van der Waals surface area contributed by atoms with Gasteiger partial charge in [-0.3, -0.25) is 0 Å². The molecule has 96 valence electrons. The van der Waals surface area contributed by atoms with Gasteiger partial charge in [-0.15, -0.1) is 0 Å². The van der Waals surface area contributed by atoms with E-state index in [-0.39, 0.29) is 0 Å². The molecule has 1 heteroatoms. The average molecular weight is 233 g/mol. The lowest BCUT2D eigenvalue weighted by atomic mass is 9.97. The van der Waals surface area contributed by atoms with Crippen LogP contribution in [0.4, 0.5) is 5.69 Å². The number of rotatable bonds is 6. The van der Waals surface area contributed by atoms with Crippen molar-refractivity contribution in [2.24, 2.45) is 5.92 Å². The van der Waals surface area contributed by atoms with Crippen molar-refractivity contribution >= 4 is 5.69 Å². The Morgan fingerprint density at radius 2 is 1.82 bits per heavy atom. The van der Waals surface area contributed by atoms with Crippen LogP contribution in [0.3, 0.4) is 0 Å². The molecule has 17 heavy (non-hydrogen) atoms. The topological polar surface area (TPSA) is 12.0 Å². The summed E-state index contributed by atoms with van der Waals surface area (Å²) in [5.41, 5.74) is 4.26. The first-order valence-electron chi connectivity index (χ1n) is 6.91. The van der Waals surface area contributed by atoms with Gasteiger partial charge in [0, 0.05) is 11.7 Å². The minimum atomic E-state index is 0.498. The molecular weight excluding hydrogens is 206 g/mol. The van der Waals surface area contributed by atoms with Gasteiger partial charge in [0.2, 0.25) is 0 Å². The summed E-state index contributed by atoms with van der Waals surface area (Å²) in [5.74, 6) is 0.708. The zero-order valence-corrected chi connectivity index (χ0v) is 12.0. The monoisotopic (exact) mass is 233 g/mol. The van der Waals surface area contributed by atoms with Crippen LogP contribution in [0.25, 0.3) is 0 Å². The first kappa shape index (κ1) is 14.1. The zero-order chi connectivity index (χ0) is 12.8. The van der Waals surface area contributed by atoms with E-state index in [9.17, 15) is 0 Å². The van der Waals surface area contributed by atoms with Crippen molar-refractivity contribution in [3.05, 3.63) is 29.3 Å². The maximum absolute atomic E-state index is 3.55. The second-order valence-corrected chi connectivity index (χ2v) is 5.64. The lowest BCUT2D eigenvalue weighted by Gasteiger charge is -2.17. The zero-order valence-electron chi connectivity index (χ0n) is 12.0. The molecule has 0 fully saturated rings. The van der Waals surface area contributed by atoms with Crippen molar-refractivity contribution in [1.82, 2.24) is 0 Å². The van der Waals surface area contributed by atoms with Crippen LogP contribution in [-0.4, -0.2) is 6.04 Å². The van der Waals surface area contributed by atoms with E-state index in [2.05, 4.69) is 58.1 Å². The molecule has 0 unspecified atom stereocenters. The van der Waals surface area contributed by atoms with Gasteiger partial charge in [0.25, 0.3) is 0 Å². The Morgan fingerprint density at radius 3 is 2.35 bits per heavy atom. The lowest BCUT2D eigenvalue weighted by molar-refractivity contribution is 0.646. The van der Waals surface area contributed by atoms with Crippen molar-refractivity contribution in [2.75, 3.05) is 5.32 Å². The normalized spacial score (nSPS) is 11.2. The fourth-order valence-corrected chi connectivity index (χ4v) is 2.15. The summed E-state index contributed by atoms with van der Waals surface area (Å²) in [7, 11) is 0. The quantitative estimate of drug-likeness (QED) is 0.753. The predicted octanol–water partition coefficient (Wildman–Crippen LogP) is 4.66. The van der Waals surface area contributed by atoms with Crippen molar-refractivity contribution in [3.8, 4) is 0 Å². The first-order valence-corrected chi connectivity index (χ1v) is 6.91. The molecule has 0 saturated carbocycles. The van der Waals surface area contributed by atoms with Crippen LogP contribution >= 0.6 is 0 Å². The molecule has 0 bridgehead atoms. The molecule has 1 nitrogen and oxygen atoms in total. The minimum absolute atomic E-state index is 0.498. The van der Waals surface area contributed by atoms with Crippen molar-refractivity contribution in [1.29, 1.82) is 0 Å². The summed E-state index contributed by atoms with van der Waals surface area (Å²) in [4.78, 5) is 0. The molecule has 0 radical (unpaired) electrons. The van der Waals surface area contributed by atoms with Gasteiger partial charge in [-0.05, 0) is 49.8 Å². The third-order valence-electron chi connectivity index (χ3n) is 2.78. The summed E-state index contributed by atoms with van der Waals surface area (Å²) in [6.45, 7) is 11.2. The Kier molecular flexibility index (Phi) is 5.54. The molecule has 0 atom stereocenters. The van der Waals surface area contributed by atoms with E-state index >= 15 is 0 Å². The molecule has 0 saturated heterocycles. The highest BCUT2D eigenvalue weighted by Crippen LogP contribution is 2.22. The fraction of sp³-hybridized carbons (Fsp3) is 0.625. The first-order chi connectivity index (χ1) is 8.02. The maximum atomic E-state index is 3.55. The van der Waals surface area contributed by atoms with Crippen LogP contribution < -0.4 is 5.32 Å². The van der Waals surface area contributed by atoms with Gasteiger partial charge in [-0.2, -0.15) is 0 Å². The van der Waals surface area contributed by atoms with E-state index in [1.54, 1.807) is 0 Å². The van der Waals surface area contributed by atoms with Crippen LogP contribution in [0.2, 0.25) is 0 Å². The Bertz CT molecular complexity index is 339. The number of nitrogens with one attached hydrogen (secondary N) is 1. The predicted molar refractivity (Wildman–Crippen MR) is 77.7 cm³/mol. The molecule has 0 aromatic heterocycles. The highest BCUT2D eigenvalue weighted by atomic mass is 14.9. The van der Waals surface area contributed by atoms with Crippen molar-refractivity contribution < 1.29 is 0 Å². The van der Waals surface area contributed by atoms with E-state index in [4.69, 9.17) is 0 Å². The van der Waals surface area contributed by atoms with E-state index in [1.165, 1.54) is 29.7 Å². The van der Waals surface area contributed by atoms with Gasteiger partial charge < -0.3 is 5.32 Å². The highest BCUT2D eigenvalue weighted by Gasteiger charge is 2.07. The molecule has 0 heterocycles. The number of anilines is 1. The lowest BCUT2D eigenvalue weighted by Crippen LogP contribution is -2.12. The number of hydrogen-bond acceptors (Lipinski definition) is 1. The van der Waals surface area contributed by atoms with Gasteiger partial charge in [0.15, 0.2) is 0 Å². The standard InChI is InChI=1S/C16H27N/c1-6-7-14-8-9-16(17-13(4)5)15(11-14)10-12(2)3/h8-9,11-13,17H,6-7,10H2,1-5H3. The Balaban J connectivity index is 2.94. The molecule has 0 amide bonds. The second kappa shape index (κ2) is 6.68. The second-order valence-electron chi connectivity index (χ2n) is 5.64. The Labute approximate surface area is 107 Å². The molecule has 1 aromatic carbocycles. The molecule has 1 aromatic rings. The smallest absolute Gasteiger partial charge is 0.0374 e. The van der Waals surface area contributed by atoms with Gasteiger partial charge >= 0.3 is 0 Å². The molecule has 0 aliphatic heterocycles. The largest absolute Gasteiger partial charge is 0.383 e. The maximum Gasteiger partial charge on any atom is 0.0374 e. The summed E-state index contributed by atoms with van der Waals surface area (Å²) in [5, 5.41) is 3.55. The average Bonchev–Trinajstić information content (AvgIpc) is 2.21. The molecule has 1 rings (SSSR count). The van der Waals surface area contributed by atoms with Crippen LogP contribution in [-0.2, 0) is 12.8 Å². The fourth-order valence-electron chi connectivity index (χ4n) is 2.15. The van der Waals surface area contributed by atoms with Crippen LogP contribution in [0.5, 0.6) is 0 Å².